The van der Waals surface area contributed by atoms with Gasteiger partial charge >= 0.3 is 11.9 Å². The van der Waals surface area contributed by atoms with Gasteiger partial charge in [-0.25, -0.2) is 0 Å². The van der Waals surface area contributed by atoms with Gasteiger partial charge in [0.25, 0.3) is 0 Å². The molecule has 1 aliphatic rings. The Labute approximate surface area is 192 Å². The van der Waals surface area contributed by atoms with Crippen LogP contribution in [-0.2, 0) is 28.6 Å². The average Bonchev–Trinajstić information content (AvgIpc) is 2.78. The summed E-state index contributed by atoms with van der Waals surface area (Å²) in [7, 11) is 0. The lowest BCUT2D eigenvalue weighted by Crippen LogP contribution is -2.48. The Morgan fingerprint density at radius 1 is 1.12 bits per heavy atom. The summed E-state index contributed by atoms with van der Waals surface area (Å²) < 4.78 is 16.7. The average molecular weight is 468 g/mol. The second-order valence-electron chi connectivity index (χ2n) is 8.15. The van der Waals surface area contributed by atoms with Gasteiger partial charge in [0.2, 0.25) is 5.91 Å². The van der Waals surface area contributed by atoms with Gasteiger partial charge in [0, 0.05) is 19.3 Å². The van der Waals surface area contributed by atoms with Crippen LogP contribution in [0.25, 0.3) is 0 Å². The van der Waals surface area contributed by atoms with Gasteiger partial charge in [0.15, 0.2) is 6.29 Å². The molecule has 10 nitrogen and oxygen atoms in total. The van der Waals surface area contributed by atoms with Crippen LogP contribution in [0, 0.1) is 0 Å². The van der Waals surface area contributed by atoms with Gasteiger partial charge in [-0.3, -0.25) is 14.4 Å². The van der Waals surface area contributed by atoms with Crippen molar-refractivity contribution >= 4 is 17.8 Å². The fraction of sp³-hybridized carbons (Fsp3) is 0.609. The fourth-order valence-corrected chi connectivity index (χ4v) is 3.31. The lowest BCUT2D eigenvalue weighted by atomic mass is 10.0. The maximum absolute atomic E-state index is 12.5. The van der Waals surface area contributed by atoms with E-state index in [2.05, 4.69) is 5.32 Å². The summed E-state index contributed by atoms with van der Waals surface area (Å²) in [6.45, 7) is 3.46. The van der Waals surface area contributed by atoms with Crippen molar-refractivity contribution in [1.82, 2.24) is 5.32 Å². The molecule has 1 aromatic rings. The molecule has 4 N–H and O–H groups in total. The zero-order valence-electron chi connectivity index (χ0n) is 18.9. The van der Waals surface area contributed by atoms with E-state index in [1.807, 2.05) is 6.07 Å². The third-order valence-corrected chi connectivity index (χ3v) is 5.30. The molecule has 0 radical (unpaired) electrons. The van der Waals surface area contributed by atoms with E-state index < -0.39 is 54.7 Å². The number of nitrogens with one attached hydrogen (secondary N) is 1. The van der Waals surface area contributed by atoms with Crippen LogP contribution in [0.4, 0.5) is 0 Å². The molecule has 1 amide bonds. The SMILES string of the molecule is CC(CCC(=O)OC(CNC(=O)CCC(=O)O)c1ccccc1)O[C@@H]1O[C@@H](C)[C@H](O)C[C@H]1O. The maximum atomic E-state index is 12.5. The molecule has 1 aromatic carbocycles. The summed E-state index contributed by atoms with van der Waals surface area (Å²) in [4.78, 5) is 34.9. The minimum absolute atomic E-state index is 0.0164. The first kappa shape index (κ1) is 26.7. The highest BCUT2D eigenvalue weighted by molar-refractivity contribution is 5.80. The zero-order valence-corrected chi connectivity index (χ0v) is 18.9. The van der Waals surface area contributed by atoms with Crippen molar-refractivity contribution in [3.8, 4) is 0 Å². The summed E-state index contributed by atoms with van der Waals surface area (Å²) in [6, 6.07) is 8.92. The summed E-state index contributed by atoms with van der Waals surface area (Å²) in [5.74, 6) is -2.00. The number of carbonyl (C=O) groups excluding carboxylic acids is 2. The molecule has 0 aromatic heterocycles. The molecular formula is C23H33NO9. The molecule has 1 heterocycles. The van der Waals surface area contributed by atoms with Crippen LogP contribution in [0.1, 0.15) is 57.6 Å². The molecular weight excluding hydrogens is 434 g/mol. The van der Waals surface area contributed by atoms with Gasteiger partial charge in [-0.2, -0.15) is 0 Å². The molecule has 0 saturated carbocycles. The largest absolute Gasteiger partial charge is 0.481 e. The molecule has 1 saturated heterocycles. The van der Waals surface area contributed by atoms with Crippen LogP contribution in [0.3, 0.4) is 0 Å². The summed E-state index contributed by atoms with van der Waals surface area (Å²) >= 11 is 0. The molecule has 2 rings (SSSR count). The number of carboxylic acids is 1. The van der Waals surface area contributed by atoms with Crippen molar-refractivity contribution in [1.29, 1.82) is 0 Å². The number of rotatable bonds is 12. The van der Waals surface area contributed by atoms with Crippen LogP contribution in [0.15, 0.2) is 30.3 Å². The number of amides is 1. The highest BCUT2D eigenvalue weighted by Gasteiger charge is 2.35. The van der Waals surface area contributed by atoms with E-state index in [4.69, 9.17) is 19.3 Å². The van der Waals surface area contributed by atoms with Gasteiger partial charge in [0.1, 0.15) is 12.2 Å². The fourth-order valence-electron chi connectivity index (χ4n) is 3.31. The standard InChI is InChI=1S/C23H33NO9/c1-14(31-23-18(26)12-17(25)15(2)32-23)8-11-22(30)33-19(16-6-4-3-5-7-16)13-24-20(27)9-10-21(28)29/h3-7,14-15,17-19,23,25-26H,8-13H2,1-2H3,(H,24,27)(H,28,29)/t14?,15-,17+,18+,19?,23+/m0/s1. The lowest BCUT2D eigenvalue weighted by molar-refractivity contribution is -0.273. The number of aliphatic hydroxyl groups excluding tert-OH is 2. The molecule has 184 valence electrons. The Bertz CT molecular complexity index is 772. The number of hydrogen-bond donors (Lipinski definition) is 4. The highest BCUT2D eigenvalue weighted by atomic mass is 16.7. The molecule has 10 heteroatoms. The highest BCUT2D eigenvalue weighted by Crippen LogP contribution is 2.23. The first-order valence-electron chi connectivity index (χ1n) is 11.1. The van der Waals surface area contributed by atoms with Crippen LogP contribution >= 0.6 is 0 Å². The van der Waals surface area contributed by atoms with E-state index in [0.717, 1.165) is 0 Å². The van der Waals surface area contributed by atoms with Gasteiger partial charge in [-0.1, -0.05) is 30.3 Å². The molecule has 1 aliphatic heterocycles. The van der Waals surface area contributed by atoms with Crippen LogP contribution < -0.4 is 5.32 Å². The number of ether oxygens (including phenoxy) is 3. The van der Waals surface area contributed by atoms with Crippen molar-refractivity contribution in [3.05, 3.63) is 35.9 Å². The van der Waals surface area contributed by atoms with Crippen molar-refractivity contribution in [2.45, 2.75) is 82.8 Å². The van der Waals surface area contributed by atoms with Crippen molar-refractivity contribution in [2.24, 2.45) is 0 Å². The van der Waals surface area contributed by atoms with Gasteiger partial charge in [0.05, 0.1) is 31.3 Å². The first-order valence-corrected chi connectivity index (χ1v) is 11.1. The number of esters is 1. The molecule has 6 atom stereocenters. The van der Waals surface area contributed by atoms with E-state index in [1.54, 1.807) is 38.1 Å². The van der Waals surface area contributed by atoms with E-state index in [9.17, 15) is 24.6 Å². The van der Waals surface area contributed by atoms with E-state index >= 15 is 0 Å². The third-order valence-electron chi connectivity index (χ3n) is 5.30. The minimum Gasteiger partial charge on any atom is -0.481 e. The van der Waals surface area contributed by atoms with Crippen molar-refractivity contribution in [2.75, 3.05) is 6.54 Å². The zero-order chi connectivity index (χ0) is 24.4. The molecule has 0 bridgehead atoms. The number of carboxylic acid groups (broad SMARTS) is 1. The first-order chi connectivity index (χ1) is 15.7. The van der Waals surface area contributed by atoms with E-state index in [-0.39, 0.29) is 32.2 Å². The number of hydrogen-bond acceptors (Lipinski definition) is 8. The molecule has 0 aliphatic carbocycles. The topological polar surface area (TPSA) is 152 Å². The smallest absolute Gasteiger partial charge is 0.306 e. The Morgan fingerprint density at radius 3 is 2.48 bits per heavy atom. The Balaban J connectivity index is 1.84. The summed E-state index contributed by atoms with van der Waals surface area (Å²) in [5, 5.41) is 31.1. The van der Waals surface area contributed by atoms with Gasteiger partial charge in [-0.15, -0.1) is 0 Å². The van der Waals surface area contributed by atoms with Gasteiger partial charge in [-0.05, 0) is 25.8 Å². The Kier molecular flexibility index (Phi) is 10.7. The lowest BCUT2D eigenvalue weighted by Gasteiger charge is -2.36. The molecule has 33 heavy (non-hydrogen) atoms. The number of carbonyl (C=O) groups is 3. The molecule has 0 spiro atoms. The van der Waals surface area contributed by atoms with Gasteiger partial charge < -0.3 is 34.8 Å². The second-order valence-corrected chi connectivity index (χ2v) is 8.15. The summed E-state index contributed by atoms with van der Waals surface area (Å²) in [5.41, 5.74) is 0.694. The third kappa shape index (κ3) is 9.47. The summed E-state index contributed by atoms with van der Waals surface area (Å²) in [6.07, 6.45) is -4.14. The number of aliphatic carboxylic acids is 1. The number of benzene rings is 1. The molecule has 1 fully saturated rings. The predicted octanol–water partition coefficient (Wildman–Crippen LogP) is 1.29. The quantitative estimate of drug-likeness (QED) is 0.333. The van der Waals surface area contributed by atoms with Crippen molar-refractivity contribution < 1.29 is 43.9 Å². The Morgan fingerprint density at radius 2 is 1.82 bits per heavy atom. The monoisotopic (exact) mass is 467 g/mol. The van der Waals surface area contributed by atoms with Crippen LogP contribution in [-0.4, -0.2) is 70.4 Å². The minimum atomic E-state index is -1.07. The van der Waals surface area contributed by atoms with E-state index in [0.29, 0.717) is 12.0 Å². The predicted molar refractivity (Wildman–Crippen MR) is 116 cm³/mol. The second kappa shape index (κ2) is 13.2. The van der Waals surface area contributed by atoms with Crippen molar-refractivity contribution in [3.63, 3.8) is 0 Å². The normalized spacial score (nSPS) is 24.5. The molecule has 2 unspecified atom stereocenters. The van der Waals surface area contributed by atoms with Crippen LogP contribution in [0.5, 0.6) is 0 Å². The van der Waals surface area contributed by atoms with E-state index in [1.165, 1.54) is 0 Å². The Hall–Kier alpha value is -2.53. The number of aliphatic hydroxyl groups is 2. The van der Waals surface area contributed by atoms with Crippen LogP contribution in [0.2, 0.25) is 0 Å². The maximum Gasteiger partial charge on any atom is 0.306 e.